The molecule has 0 spiro atoms. The van der Waals surface area contributed by atoms with Crippen LogP contribution in [0.3, 0.4) is 0 Å². The maximum atomic E-state index is 12.5. The number of rotatable bonds is 3. The van der Waals surface area contributed by atoms with Gasteiger partial charge in [0.25, 0.3) is 0 Å². The topological polar surface area (TPSA) is 84.8 Å². The molecule has 0 bridgehead atoms. The van der Waals surface area contributed by atoms with Gasteiger partial charge in [0, 0.05) is 54.0 Å². The summed E-state index contributed by atoms with van der Waals surface area (Å²) in [5.41, 5.74) is 3.84. The Bertz CT molecular complexity index is 1130. The van der Waals surface area contributed by atoms with Gasteiger partial charge in [0.15, 0.2) is 0 Å². The summed E-state index contributed by atoms with van der Waals surface area (Å²) >= 11 is 0. The number of pyridine rings is 3. The minimum absolute atomic E-state index is 0.0246. The molecule has 3 atom stereocenters. The van der Waals surface area contributed by atoms with Crippen molar-refractivity contribution >= 4 is 28.3 Å². The zero-order valence-electron chi connectivity index (χ0n) is 15.8. The molecule has 3 aromatic heterocycles. The van der Waals surface area contributed by atoms with Gasteiger partial charge in [-0.3, -0.25) is 19.6 Å². The summed E-state index contributed by atoms with van der Waals surface area (Å²) in [5.74, 6) is 1.22. The van der Waals surface area contributed by atoms with Crippen molar-refractivity contribution in [2.75, 3.05) is 5.32 Å². The molecule has 1 amide bonds. The van der Waals surface area contributed by atoms with Crippen molar-refractivity contribution in [2.45, 2.75) is 26.7 Å². The minimum atomic E-state index is -0.0389. The number of nitrogens with one attached hydrogen (secondary N) is 1. The number of carbonyl (C=O) groups excluding carboxylic acids is 2. The smallest absolute Gasteiger partial charge is 0.229 e. The average molecular weight is 372 g/mol. The third-order valence-corrected chi connectivity index (χ3v) is 6.03. The first-order valence-corrected chi connectivity index (χ1v) is 9.52. The molecule has 2 aliphatic carbocycles. The van der Waals surface area contributed by atoms with Gasteiger partial charge in [0.1, 0.15) is 11.6 Å². The van der Waals surface area contributed by atoms with Gasteiger partial charge >= 0.3 is 0 Å². The average Bonchev–Trinajstić information content (AvgIpc) is 3.18. The fourth-order valence-corrected chi connectivity index (χ4v) is 4.46. The number of Topliss-reactive ketones (excluding diaryl/α,β-unsaturated/α-hetero) is 1. The molecular formula is C22H20N4O2. The molecule has 0 aromatic carbocycles. The van der Waals surface area contributed by atoms with Gasteiger partial charge in [-0.15, -0.1) is 0 Å². The standard InChI is InChI=1S/C22H20N4O2/c1-11-3-4-23-9-17(11)19-5-13-6-20(24-10-18(13)12(2)25-19)26-22(28)21-15-7-14(27)8-16(15)21/h3-6,9-10,15-16,21H,7-8H2,1-2H3,(H,24,26,28)/t15-,16+,21?. The maximum Gasteiger partial charge on any atom is 0.229 e. The van der Waals surface area contributed by atoms with Crippen LogP contribution in [-0.4, -0.2) is 26.6 Å². The lowest BCUT2D eigenvalue weighted by Crippen LogP contribution is -2.18. The normalized spacial score (nSPS) is 22.9. The van der Waals surface area contributed by atoms with E-state index in [-0.39, 0.29) is 29.4 Å². The number of hydrogen-bond donors (Lipinski definition) is 1. The lowest BCUT2D eigenvalue weighted by molar-refractivity contribution is -0.120. The number of aryl methyl sites for hydroxylation is 2. The third kappa shape index (κ3) is 2.76. The molecule has 5 rings (SSSR count). The highest BCUT2D eigenvalue weighted by molar-refractivity contribution is 5.99. The molecule has 2 fully saturated rings. The fourth-order valence-electron chi connectivity index (χ4n) is 4.46. The number of aromatic nitrogens is 3. The Balaban J connectivity index is 1.44. The number of carbonyl (C=O) groups is 2. The minimum Gasteiger partial charge on any atom is -0.310 e. The molecule has 2 saturated carbocycles. The Morgan fingerprint density at radius 2 is 1.93 bits per heavy atom. The van der Waals surface area contributed by atoms with E-state index < -0.39 is 0 Å². The van der Waals surface area contributed by atoms with E-state index in [4.69, 9.17) is 4.98 Å². The highest BCUT2D eigenvalue weighted by atomic mass is 16.2. The quantitative estimate of drug-likeness (QED) is 0.761. The maximum absolute atomic E-state index is 12.5. The van der Waals surface area contributed by atoms with Gasteiger partial charge in [-0.1, -0.05) is 0 Å². The van der Waals surface area contributed by atoms with Crippen molar-refractivity contribution in [3.63, 3.8) is 0 Å². The number of amides is 1. The first-order valence-electron chi connectivity index (χ1n) is 9.52. The van der Waals surface area contributed by atoms with Crippen LogP contribution in [0.15, 0.2) is 36.8 Å². The van der Waals surface area contributed by atoms with E-state index in [2.05, 4.69) is 15.3 Å². The Labute approximate surface area is 162 Å². The Morgan fingerprint density at radius 1 is 1.14 bits per heavy atom. The van der Waals surface area contributed by atoms with Crippen molar-refractivity contribution in [1.29, 1.82) is 0 Å². The molecule has 0 aliphatic heterocycles. The molecule has 1 unspecified atom stereocenters. The van der Waals surface area contributed by atoms with Crippen LogP contribution in [-0.2, 0) is 9.59 Å². The van der Waals surface area contributed by atoms with E-state index in [0.29, 0.717) is 18.7 Å². The van der Waals surface area contributed by atoms with E-state index in [1.165, 1.54) is 0 Å². The first kappa shape index (κ1) is 17.0. The molecule has 140 valence electrons. The molecule has 3 heterocycles. The highest BCUT2D eigenvalue weighted by Crippen LogP contribution is 2.56. The van der Waals surface area contributed by atoms with Crippen molar-refractivity contribution in [3.8, 4) is 11.3 Å². The monoisotopic (exact) mass is 372 g/mol. The van der Waals surface area contributed by atoms with Crippen molar-refractivity contribution < 1.29 is 9.59 Å². The zero-order chi connectivity index (χ0) is 19.4. The molecule has 28 heavy (non-hydrogen) atoms. The summed E-state index contributed by atoms with van der Waals surface area (Å²) in [7, 11) is 0. The second-order valence-corrected chi connectivity index (χ2v) is 7.86. The predicted molar refractivity (Wildman–Crippen MR) is 106 cm³/mol. The summed E-state index contributed by atoms with van der Waals surface area (Å²) in [6, 6.07) is 5.86. The van der Waals surface area contributed by atoms with E-state index in [1.54, 1.807) is 12.4 Å². The number of nitrogens with zero attached hydrogens (tertiary/aromatic N) is 3. The van der Waals surface area contributed by atoms with Crippen LogP contribution in [0.2, 0.25) is 0 Å². The van der Waals surface area contributed by atoms with Crippen LogP contribution < -0.4 is 5.32 Å². The molecule has 6 nitrogen and oxygen atoms in total. The summed E-state index contributed by atoms with van der Waals surface area (Å²) in [5, 5.41) is 4.87. The van der Waals surface area contributed by atoms with Crippen LogP contribution in [0.25, 0.3) is 22.0 Å². The molecule has 1 N–H and O–H groups in total. The predicted octanol–water partition coefficient (Wildman–Crippen LogP) is 3.47. The van der Waals surface area contributed by atoms with Gasteiger partial charge in [-0.05, 0) is 54.8 Å². The summed E-state index contributed by atoms with van der Waals surface area (Å²) in [6.45, 7) is 3.99. The van der Waals surface area contributed by atoms with Gasteiger partial charge in [0.05, 0.1) is 5.69 Å². The van der Waals surface area contributed by atoms with Gasteiger partial charge in [0.2, 0.25) is 5.91 Å². The van der Waals surface area contributed by atoms with Gasteiger partial charge in [-0.2, -0.15) is 0 Å². The fraction of sp³-hybridized carbons (Fsp3) is 0.318. The number of ketones is 1. The molecule has 0 radical (unpaired) electrons. The zero-order valence-corrected chi connectivity index (χ0v) is 15.8. The summed E-state index contributed by atoms with van der Waals surface area (Å²) in [6.07, 6.45) is 6.44. The van der Waals surface area contributed by atoms with Gasteiger partial charge < -0.3 is 5.32 Å². The molecular weight excluding hydrogens is 352 g/mol. The Morgan fingerprint density at radius 3 is 2.68 bits per heavy atom. The highest BCUT2D eigenvalue weighted by Gasteiger charge is 2.59. The second-order valence-electron chi connectivity index (χ2n) is 7.86. The molecule has 2 aliphatic rings. The number of hydrogen-bond acceptors (Lipinski definition) is 5. The summed E-state index contributed by atoms with van der Waals surface area (Å²) < 4.78 is 0. The Kier molecular flexibility index (Phi) is 3.75. The largest absolute Gasteiger partial charge is 0.310 e. The molecule has 0 saturated heterocycles. The third-order valence-electron chi connectivity index (χ3n) is 6.03. The van der Waals surface area contributed by atoms with E-state index in [0.717, 1.165) is 33.3 Å². The lowest BCUT2D eigenvalue weighted by Gasteiger charge is -2.10. The van der Waals surface area contributed by atoms with Crippen LogP contribution in [0.1, 0.15) is 24.1 Å². The van der Waals surface area contributed by atoms with Crippen molar-refractivity contribution in [3.05, 3.63) is 48.0 Å². The van der Waals surface area contributed by atoms with Gasteiger partial charge in [-0.25, -0.2) is 4.98 Å². The second kappa shape index (κ2) is 6.19. The van der Waals surface area contributed by atoms with E-state index in [9.17, 15) is 9.59 Å². The number of fused-ring (bicyclic) bond motifs is 2. The van der Waals surface area contributed by atoms with Crippen LogP contribution >= 0.6 is 0 Å². The van der Waals surface area contributed by atoms with E-state index >= 15 is 0 Å². The van der Waals surface area contributed by atoms with Crippen molar-refractivity contribution in [2.24, 2.45) is 17.8 Å². The SMILES string of the molecule is Cc1ccncc1-c1cc2cc(NC(=O)C3[C@H]4CC(=O)C[C@@H]34)ncc2c(C)n1. The summed E-state index contributed by atoms with van der Waals surface area (Å²) in [4.78, 5) is 37.3. The van der Waals surface area contributed by atoms with E-state index in [1.807, 2.05) is 38.2 Å². The Hall–Kier alpha value is -3.15. The lowest BCUT2D eigenvalue weighted by atomic mass is 10.0. The van der Waals surface area contributed by atoms with Crippen LogP contribution in [0.5, 0.6) is 0 Å². The van der Waals surface area contributed by atoms with Crippen LogP contribution in [0, 0.1) is 31.6 Å². The first-order chi connectivity index (χ1) is 13.5. The van der Waals surface area contributed by atoms with Crippen LogP contribution in [0.4, 0.5) is 5.82 Å². The van der Waals surface area contributed by atoms with Crippen molar-refractivity contribution in [1.82, 2.24) is 15.0 Å². The number of anilines is 1. The molecule has 3 aromatic rings. The molecule has 6 heteroatoms.